The fourth-order valence-corrected chi connectivity index (χ4v) is 2.47. The van der Waals surface area contributed by atoms with Gasteiger partial charge in [-0.3, -0.25) is 4.79 Å². The Morgan fingerprint density at radius 2 is 2.14 bits per heavy atom. The summed E-state index contributed by atoms with van der Waals surface area (Å²) < 4.78 is 7.68. The lowest BCUT2D eigenvalue weighted by atomic mass is 10.2. The first-order valence-electron chi connectivity index (χ1n) is 6.66. The highest BCUT2D eigenvalue weighted by molar-refractivity contribution is 9.10. The number of furan rings is 1. The van der Waals surface area contributed by atoms with Gasteiger partial charge < -0.3 is 9.73 Å². The number of aromatic nitrogens is 3. The van der Waals surface area contributed by atoms with Gasteiger partial charge in [0.25, 0.3) is 5.91 Å². The van der Waals surface area contributed by atoms with E-state index in [2.05, 4.69) is 31.6 Å². The third-order valence-electron chi connectivity index (χ3n) is 3.14. The van der Waals surface area contributed by atoms with Gasteiger partial charge in [-0.05, 0) is 47.1 Å². The summed E-state index contributed by atoms with van der Waals surface area (Å²) in [5, 5.41) is 10.7. The molecule has 1 atom stereocenters. The van der Waals surface area contributed by atoms with Crippen molar-refractivity contribution in [3.05, 3.63) is 64.8 Å². The average Bonchev–Trinajstić information content (AvgIpc) is 3.19. The van der Waals surface area contributed by atoms with Crippen molar-refractivity contribution < 1.29 is 9.21 Å². The minimum atomic E-state index is -0.304. The molecule has 0 saturated carbocycles. The molecule has 0 unspecified atom stereocenters. The predicted octanol–water partition coefficient (Wildman–Crippen LogP) is 3.11. The summed E-state index contributed by atoms with van der Waals surface area (Å²) in [4.78, 5) is 12.2. The number of hydrogen-bond acceptors (Lipinski definition) is 4. The van der Waals surface area contributed by atoms with E-state index in [4.69, 9.17) is 4.42 Å². The minimum Gasteiger partial charge on any atom is -0.467 e. The maximum atomic E-state index is 12.2. The highest BCUT2D eigenvalue weighted by atomic mass is 79.9. The number of amides is 1. The molecule has 3 aromatic rings. The second-order valence-corrected chi connectivity index (χ2v) is 5.56. The Morgan fingerprint density at radius 1 is 1.32 bits per heavy atom. The van der Waals surface area contributed by atoms with Crippen LogP contribution in [-0.2, 0) is 0 Å². The Hall–Kier alpha value is -2.41. The summed E-state index contributed by atoms with van der Waals surface area (Å²) in [6.07, 6.45) is 3.16. The second-order valence-electron chi connectivity index (χ2n) is 4.71. The van der Waals surface area contributed by atoms with Crippen LogP contribution in [0.5, 0.6) is 0 Å². The lowest BCUT2D eigenvalue weighted by molar-refractivity contribution is 0.0930. The SMILES string of the molecule is C[C@@H](NC(=O)c1cn(-c2ccccc2Br)nn1)c1ccco1. The van der Waals surface area contributed by atoms with Crippen molar-refractivity contribution in [1.82, 2.24) is 20.3 Å². The Morgan fingerprint density at radius 3 is 2.86 bits per heavy atom. The van der Waals surface area contributed by atoms with Gasteiger partial charge in [-0.1, -0.05) is 17.3 Å². The van der Waals surface area contributed by atoms with Crippen molar-refractivity contribution in [1.29, 1.82) is 0 Å². The van der Waals surface area contributed by atoms with E-state index in [9.17, 15) is 4.79 Å². The van der Waals surface area contributed by atoms with Gasteiger partial charge in [0, 0.05) is 4.47 Å². The van der Waals surface area contributed by atoms with Crippen molar-refractivity contribution in [2.24, 2.45) is 0 Å². The molecule has 6 nitrogen and oxygen atoms in total. The van der Waals surface area contributed by atoms with E-state index in [0.717, 1.165) is 10.2 Å². The average molecular weight is 361 g/mol. The third kappa shape index (κ3) is 2.94. The number of para-hydroxylation sites is 1. The smallest absolute Gasteiger partial charge is 0.274 e. The van der Waals surface area contributed by atoms with E-state index >= 15 is 0 Å². The fourth-order valence-electron chi connectivity index (χ4n) is 2.00. The number of nitrogens with zero attached hydrogens (tertiary/aromatic N) is 3. The van der Waals surface area contributed by atoms with E-state index < -0.39 is 0 Å². The van der Waals surface area contributed by atoms with E-state index in [1.807, 2.05) is 37.3 Å². The van der Waals surface area contributed by atoms with Crippen LogP contribution in [0.1, 0.15) is 29.2 Å². The topological polar surface area (TPSA) is 73.0 Å². The summed E-state index contributed by atoms with van der Waals surface area (Å²) in [5.41, 5.74) is 1.06. The number of rotatable bonds is 4. The lowest BCUT2D eigenvalue weighted by Gasteiger charge is -2.09. The highest BCUT2D eigenvalue weighted by Gasteiger charge is 2.17. The molecule has 2 aromatic heterocycles. The molecular weight excluding hydrogens is 348 g/mol. The molecule has 0 aliphatic heterocycles. The van der Waals surface area contributed by atoms with Crippen LogP contribution in [-0.4, -0.2) is 20.9 Å². The first-order valence-corrected chi connectivity index (χ1v) is 7.46. The van der Waals surface area contributed by atoms with Gasteiger partial charge in [0.15, 0.2) is 5.69 Å². The fraction of sp³-hybridized carbons (Fsp3) is 0.133. The van der Waals surface area contributed by atoms with Gasteiger partial charge in [-0.15, -0.1) is 5.10 Å². The zero-order valence-electron chi connectivity index (χ0n) is 11.7. The van der Waals surface area contributed by atoms with E-state index in [1.165, 1.54) is 0 Å². The van der Waals surface area contributed by atoms with Gasteiger partial charge in [-0.2, -0.15) is 0 Å². The zero-order valence-corrected chi connectivity index (χ0v) is 13.3. The number of hydrogen-bond donors (Lipinski definition) is 1. The molecule has 3 rings (SSSR count). The van der Waals surface area contributed by atoms with Gasteiger partial charge in [0.2, 0.25) is 0 Å². The van der Waals surface area contributed by atoms with Crippen molar-refractivity contribution in [2.45, 2.75) is 13.0 Å². The van der Waals surface area contributed by atoms with Gasteiger partial charge in [0.05, 0.1) is 24.2 Å². The Labute approximate surface area is 135 Å². The molecule has 1 N–H and O–H groups in total. The maximum absolute atomic E-state index is 12.2. The summed E-state index contributed by atoms with van der Waals surface area (Å²) in [5.74, 6) is 0.383. The molecule has 0 fully saturated rings. The summed E-state index contributed by atoms with van der Waals surface area (Å²) in [7, 11) is 0. The van der Waals surface area contributed by atoms with Crippen LogP contribution >= 0.6 is 15.9 Å². The number of halogens is 1. The highest BCUT2D eigenvalue weighted by Crippen LogP contribution is 2.19. The van der Waals surface area contributed by atoms with Crippen molar-refractivity contribution in [3.63, 3.8) is 0 Å². The predicted molar refractivity (Wildman–Crippen MR) is 83.6 cm³/mol. The molecule has 0 saturated heterocycles. The molecule has 22 heavy (non-hydrogen) atoms. The van der Waals surface area contributed by atoms with Crippen LogP contribution in [0.2, 0.25) is 0 Å². The molecule has 0 bridgehead atoms. The Kier molecular flexibility index (Phi) is 4.06. The number of carbonyl (C=O) groups is 1. The van der Waals surface area contributed by atoms with Gasteiger partial charge in [0.1, 0.15) is 5.76 Å². The normalized spacial score (nSPS) is 12.1. The largest absolute Gasteiger partial charge is 0.467 e. The minimum absolute atomic E-state index is 0.240. The van der Waals surface area contributed by atoms with Gasteiger partial charge in [-0.25, -0.2) is 4.68 Å². The first-order chi connectivity index (χ1) is 10.6. The zero-order chi connectivity index (χ0) is 15.5. The molecule has 2 heterocycles. The lowest BCUT2D eigenvalue weighted by Crippen LogP contribution is -2.26. The Balaban J connectivity index is 1.76. The van der Waals surface area contributed by atoms with Crippen LogP contribution in [0.25, 0.3) is 5.69 Å². The van der Waals surface area contributed by atoms with E-state index in [-0.39, 0.29) is 17.6 Å². The molecule has 1 amide bonds. The molecule has 1 aromatic carbocycles. The summed E-state index contributed by atoms with van der Waals surface area (Å²) in [6, 6.07) is 10.9. The Bertz CT molecular complexity index is 782. The van der Waals surface area contributed by atoms with Gasteiger partial charge >= 0.3 is 0 Å². The van der Waals surface area contributed by atoms with Crippen molar-refractivity contribution in [2.75, 3.05) is 0 Å². The first kappa shape index (κ1) is 14.5. The molecule has 112 valence electrons. The summed E-state index contributed by atoms with van der Waals surface area (Å²) in [6.45, 7) is 1.84. The number of benzene rings is 1. The van der Waals surface area contributed by atoms with Crippen LogP contribution in [0.15, 0.2) is 57.7 Å². The molecular formula is C15H13BrN4O2. The monoisotopic (exact) mass is 360 g/mol. The quantitative estimate of drug-likeness (QED) is 0.775. The molecule has 7 heteroatoms. The van der Waals surface area contributed by atoms with E-state index in [1.54, 1.807) is 23.2 Å². The van der Waals surface area contributed by atoms with Crippen LogP contribution in [0.3, 0.4) is 0 Å². The third-order valence-corrected chi connectivity index (χ3v) is 3.81. The van der Waals surface area contributed by atoms with Crippen molar-refractivity contribution in [3.8, 4) is 5.69 Å². The van der Waals surface area contributed by atoms with E-state index in [0.29, 0.717) is 5.76 Å². The van der Waals surface area contributed by atoms with Crippen LogP contribution < -0.4 is 5.32 Å². The number of carbonyl (C=O) groups excluding carboxylic acids is 1. The summed E-state index contributed by atoms with van der Waals surface area (Å²) >= 11 is 3.44. The molecule has 0 aliphatic rings. The second kappa shape index (κ2) is 6.15. The standard InChI is InChI=1S/C15H13BrN4O2/c1-10(14-7-4-8-22-14)17-15(21)12-9-20(19-18-12)13-6-3-2-5-11(13)16/h2-10H,1H3,(H,17,21)/t10-/m1/s1. The molecule has 0 aliphatic carbocycles. The molecule has 0 spiro atoms. The van der Waals surface area contributed by atoms with Crippen molar-refractivity contribution >= 4 is 21.8 Å². The van der Waals surface area contributed by atoms with Crippen LogP contribution in [0.4, 0.5) is 0 Å². The maximum Gasteiger partial charge on any atom is 0.274 e. The number of nitrogens with one attached hydrogen (secondary N) is 1. The van der Waals surface area contributed by atoms with Crippen LogP contribution in [0, 0.1) is 0 Å². The molecule has 0 radical (unpaired) electrons.